The number of amides is 1. The highest BCUT2D eigenvalue weighted by atomic mass is 79.9. The summed E-state index contributed by atoms with van der Waals surface area (Å²) in [5.74, 6) is 0.154. The van der Waals surface area contributed by atoms with E-state index in [1.165, 1.54) is 16.7 Å². The summed E-state index contributed by atoms with van der Waals surface area (Å²) in [5, 5.41) is 3.51. The molecule has 0 saturated heterocycles. The summed E-state index contributed by atoms with van der Waals surface area (Å²) in [6.07, 6.45) is 3.46. The first-order chi connectivity index (χ1) is 14.8. The molecule has 0 saturated carbocycles. The molecule has 1 amide bonds. The van der Waals surface area contributed by atoms with E-state index >= 15 is 0 Å². The molecule has 1 aromatic carbocycles. The summed E-state index contributed by atoms with van der Waals surface area (Å²) in [4.78, 5) is 26.0. The number of carbonyl (C=O) groups is 1. The lowest BCUT2D eigenvalue weighted by Crippen LogP contribution is -2.55. The number of carbonyl (C=O) groups excluding carboxylic acids is 1. The van der Waals surface area contributed by atoms with Gasteiger partial charge in [-0.25, -0.2) is 9.98 Å². The van der Waals surface area contributed by atoms with Crippen molar-refractivity contribution in [2.24, 2.45) is 10.7 Å². The number of guanidine groups is 1. The third-order valence-corrected chi connectivity index (χ3v) is 9.36. The third kappa shape index (κ3) is 3.61. The van der Waals surface area contributed by atoms with E-state index in [1.807, 2.05) is 31.2 Å². The maximum absolute atomic E-state index is 13.3. The predicted molar refractivity (Wildman–Crippen MR) is 131 cm³/mol. The first-order valence-electron chi connectivity index (χ1n) is 9.33. The van der Waals surface area contributed by atoms with Crippen LogP contribution in [0.1, 0.15) is 11.8 Å². The number of benzene rings is 1. The Morgan fingerprint density at radius 2 is 2.16 bits per heavy atom. The van der Waals surface area contributed by atoms with Gasteiger partial charge in [-0.05, 0) is 53.2 Å². The Morgan fingerprint density at radius 3 is 2.94 bits per heavy atom. The standard InChI is InChI=1S/C21H17BrN4O2S3/c1-21(15-8-12(10-29-15)18-24-9-16(22)31-18)17(19(27)26(2)20(23)25-21)30-13-3-4-14-11(7-13)5-6-28-14/h3-10,17H,1-2H3,(H2,23,25)/t17?,21-/m1/s1. The van der Waals surface area contributed by atoms with Crippen LogP contribution < -0.4 is 5.73 Å². The average molecular weight is 533 g/mol. The Hall–Kier alpha value is -2.14. The van der Waals surface area contributed by atoms with Crippen LogP contribution in [0.15, 0.2) is 66.3 Å². The maximum Gasteiger partial charge on any atom is 0.245 e. The molecule has 6 nitrogen and oxygen atoms in total. The van der Waals surface area contributed by atoms with Crippen LogP contribution in [0.5, 0.6) is 0 Å². The lowest BCUT2D eigenvalue weighted by Gasteiger charge is -2.39. The monoisotopic (exact) mass is 532 g/mol. The highest BCUT2D eigenvalue weighted by Crippen LogP contribution is 2.46. The van der Waals surface area contributed by atoms with E-state index in [1.54, 1.807) is 42.2 Å². The molecular formula is C21H17BrN4O2S3. The van der Waals surface area contributed by atoms with Gasteiger partial charge < -0.3 is 10.2 Å². The van der Waals surface area contributed by atoms with Crippen molar-refractivity contribution >= 4 is 73.2 Å². The highest BCUT2D eigenvalue weighted by Gasteiger charge is 2.48. The molecule has 10 heteroatoms. The number of hydrogen-bond donors (Lipinski definition) is 1. The van der Waals surface area contributed by atoms with E-state index in [2.05, 4.69) is 32.4 Å². The fraction of sp³-hybridized carbons (Fsp3) is 0.190. The van der Waals surface area contributed by atoms with Crippen LogP contribution in [-0.4, -0.2) is 34.0 Å². The van der Waals surface area contributed by atoms with Crippen molar-refractivity contribution in [1.29, 1.82) is 0 Å². The fourth-order valence-electron chi connectivity index (χ4n) is 3.51. The van der Waals surface area contributed by atoms with Crippen LogP contribution in [0.2, 0.25) is 0 Å². The van der Waals surface area contributed by atoms with Crippen molar-refractivity contribution in [1.82, 2.24) is 9.88 Å². The summed E-state index contributed by atoms with van der Waals surface area (Å²) in [6.45, 7) is 1.98. The van der Waals surface area contributed by atoms with Gasteiger partial charge in [-0.2, -0.15) is 0 Å². The van der Waals surface area contributed by atoms with Crippen molar-refractivity contribution in [2.45, 2.75) is 22.6 Å². The molecule has 4 aromatic rings. The van der Waals surface area contributed by atoms with Gasteiger partial charge in [0.25, 0.3) is 0 Å². The van der Waals surface area contributed by atoms with E-state index in [0.717, 1.165) is 35.1 Å². The number of aliphatic imine (C=N–C) groups is 1. The maximum atomic E-state index is 13.3. The number of rotatable bonds is 4. The zero-order valence-electron chi connectivity index (χ0n) is 16.5. The molecule has 4 heterocycles. The number of thiazole rings is 1. The second-order valence-electron chi connectivity index (χ2n) is 7.30. The Labute approximate surface area is 199 Å². The van der Waals surface area contributed by atoms with Crippen LogP contribution in [0.3, 0.4) is 0 Å². The van der Waals surface area contributed by atoms with Crippen molar-refractivity contribution in [2.75, 3.05) is 7.05 Å². The Morgan fingerprint density at radius 1 is 1.32 bits per heavy atom. The number of nitrogens with two attached hydrogens (primary N) is 1. The first-order valence-corrected chi connectivity index (χ1v) is 12.7. The number of aromatic nitrogens is 1. The van der Waals surface area contributed by atoms with Gasteiger partial charge in [0.05, 0.1) is 16.2 Å². The van der Waals surface area contributed by atoms with Crippen LogP contribution in [0.4, 0.5) is 0 Å². The molecule has 3 aromatic heterocycles. The molecule has 0 fully saturated rings. The molecule has 2 N–H and O–H groups in total. The Balaban J connectivity index is 1.56. The molecule has 1 aliphatic rings. The zero-order chi connectivity index (χ0) is 21.8. The largest absolute Gasteiger partial charge is 0.464 e. The Bertz CT molecular complexity index is 1330. The molecular weight excluding hydrogens is 516 g/mol. The van der Waals surface area contributed by atoms with Gasteiger partial charge in [0.15, 0.2) is 5.96 Å². The smallest absolute Gasteiger partial charge is 0.245 e. The molecule has 0 radical (unpaired) electrons. The zero-order valence-corrected chi connectivity index (χ0v) is 20.6. The number of nitrogens with zero attached hydrogens (tertiary/aromatic N) is 3. The minimum Gasteiger partial charge on any atom is -0.464 e. The van der Waals surface area contributed by atoms with E-state index in [0.29, 0.717) is 0 Å². The molecule has 5 rings (SSSR count). The number of halogens is 1. The van der Waals surface area contributed by atoms with Crippen LogP contribution in [0, 0.1) is 0 Å². The van der Waals surface area contributed by atoms with E-state index in [9.17, 15) is 4.79 Å². The predicted octanol–water partition coefficient (Wildman–Crippen LogP) is 5.54. The van der Waals surface area contributed by atoms with Crippen molar-refractivity contribution in [3.8, 4) is 10.6 Å². The lowest BCUT2D eigenvalue weighted by atomic mass is 9.93. The highest BCUT2D eigenvalue weighted by molar-refractivity contribution is 9.11. The summed E-state index contributed by atoms with van der Waals surface area (Å²) in [5.41, 5.74) is 7.17. The quantitative estimate of drug-likeness (QED) is 0.372. The van der Waals surface area contributed by atoms with Gasteiger partial charge in [-0.15, -0.1) is 34.4 Å². The number of hydrogen-bond acceptors (Lipinski definition) is 8. The van der Waals surface area contributed by atoms with E-state index in [-0.39, 0.29) is 11.9 Å². The van der Waals surface area contributed by atoms with Gasteiger partial charge in [0, 0.05) is 33.2 Å². The normalized spacial score (nSPS) is 21.6. The first kappa shape index (κ1) is 20.7. The van der Waals surface area contributed by atoms with Gasteiger partial charge in [-0.3, -0.25) is 9.69 Å². The number of furan rings is 1. The second-order valence-corrected chi connectivity index (χ2v) is 11.8. The minimum atomic E-state index is -0.804. The van der Waals surface area contributed by atoms with Gasteiger partial charge in [-0.1, -0.05) is 0 Å². The fourth-order valence-corrected chi connectivity index (χ4v) is 7.16. The van der Waals surface area contributed by atoms with Crippen molar-refractivity contribution in [3.63, 3.8) is 0 Å². The van der Waals surface area contributed by atoms with Crippen molar-refractivity contribution in [3.05, 3.63) is 56.8 Å². The van der Waals surface area contributed by atoms with Crippen LogP contribution in [-0.2, 0) is 10.3 Å². The van der Waals surface area contributed by atoms with Gasteiger partial charge >= 0.3 is 0 Å². The number of thioether (sulfide) groups is 1. The third-order valence-electron chi connectivity index (χ3n) is 5.26. The topological polar surface area (TPSA) is 84.7 Å². The molecule has 1 aliphatic heterocycles. The molecule has 31 heavy (non-hydrogen) atoms. The SMILES string of the molecule is CN1C(=O)C(Sc2ccc3occc3c2)[C@@](C)(c2cc(-c3ncc(Br)s3)cs2)N=C1N. The Kier molecular flexibility index (Phi) is 5.20. The molecule has 0 spiro atoms. The number of thiophene rings is 1. The molecule has 158 valence electrons. The van der Waals surface area contributed by atoms with Gasteiger partial charge in [0.2, 0.25) is 5.91 Å². The number of fused-ring (bicyclic) bond motifs is 1. The summed E-state index contributed by atoms with van der Waals surface area (Å²) < 4.78 is 6.42. The molecule has 1 unspecified atom stereocenters. The van der Waals surface area contributed by atoms with Crippen LogP contribution >= 0.6 is 50.4 Å². The second kappa shape index (κ2) is 7.77. The molecule has 0 bridgehead atoms. The summed E-state index contributed by atoms with van der Waals surface area (Å²) in [7, 11) is 1.67. The molecule has 0 aliphatic carbocycles. The van der Waals surface area contributed by atoms with E-state index in [4.69, 9.17) is 15.1 Å². The summed E-state index contributed by atoms with van der Waals surface area (Å²) in [6, 6.07) is 9.91. The van der Waals surface area contributed by atoms with Crippen LogP contribution in [0.25, 0.3) is 21.5 Å². The summed E-state index contributed by atoms with van der Waals surface area (Å²) >= 11 is 8.11. The molecule has 2 atom stereocenters. The van der Waals surface area contributed by atoms with Gasteiger partial charge in [0.1, 0.15) is 21.4 Å². The minimum absolute atomic E-state index is 0.0702. The van der Waals surface area contributed by atoms with E-state index < -0.39 is 10.8 Å². The average Bonchev–Trinajstić information content (AvgIpc) is 3.49. The lowest BCUT2D eigenvalue weighted by molar-refractivity contribution is -0.127. The van der Waals surface area contributed by atoms with Crippen molar-refractivity contribution < 1.29 is 9.21 Å².